The largest absolute Gasteiger partial charge is 0.304 e. The lowest BCUT2D eigenvalue weighted by molar-refractivity contribution is 0.592. The Labute approximate surface area is 125 Å². The van der Waals surface area contributed by atoms with Crippen LogP contribution in [0.2, 0.25) is 0 Å². The number of fused-ring (bicyclic) bond motifs is 1. The predicted molar refractivity (Wildman–Crippen MR) is 85.5 cm³/mol. The van der Waals surface area contributed by atoms with Crippen molar-refractivity contribution >= 4 is 11.3 Å². The molecule has 0 spiro atoms. The lowest BCUT2D eigenvalue weighted by Gasteiger charge is -2.19. The average Bonchev–Trinajstić information content (AvgIpc) is 3.02. The van der Waals surface area contributed by atoms with Crippen molar-refractivity contribution in [1.29, 1.82) is 0 Å². The normalized spacial score (nSPS) is 15.3. The molecule has 3 heteroatoms. The van der Waals surface area contributed by atoms with E-state index in [-0.39, 0.29) is 6.04 Å². The molecule has 106 valence electrons. The Morgan fingerprint density at radius 2 is 2.15 bits per heavy atom. The summed E-state index contributed by atoms with van der Waals surface area (Å²) in [6.45, 7) is 5.43. The van der Waals surface area contributed by atoms with Crippen LogP contribution in [0.25, 0.3) is 0 Å². The summed E-state index contributed by atoms with van der Waals surface area (Å²) in [5, 5.41) is 4.93. The monoisotopic (exact) mass is 286 g/mol. The molecule has 1 aromatic heterocycles. The number of hydrogen-bond donors (Lipinski definition) is 1. The Bertz CT molecular complexity index is 567. The second-order valence-corrected chi connectivity index (χ2v) is 6.63. The SMILES string of the molecule is CCCNC(c1nc2c(s1)CCC2)c1ccccc1C. The van der Waals surface area contributed by atoms with Gasteiger partial charge in [-0.3, -0.25) is 0 Å². The molecule has 1 N–H and O–H groups in total. The fraction of sp³-hybridized carbons (Fsp3) is 0.471. The van der Waals surface area contributed by atoms with Crippen LogP contribution in [0.1, 0.15) is 52.5 Å². The Hall–Kier alpha value is -1.19. The number of aromatic nitrogens is 1. The fourth-order valence-corrected chi connectivity index (χ4v) is 4.11. The smallest absolute Gasteiger partial charge is 0.115 e. The fourth-order valence-electron chi connectivity index (χ4n) is 2.86. The minimum absolute atomic E-state index is 0.256. The number of nitrogens with one attached hydrogen (secondary N) is 1. The highest BCUT2D eigenvalue weighted by Gasteiger charge is 2.23. The first kappa shape index (κ1) is 13.8. The average molecular weight is 286 g/mol. The maximum absolute atomic E-state index is 4.92. The van der Waals surface area contributed by atoms with Crippen LogP contribution in [-0.2, 0) is 12.8 Å². The van der Waals surface area contributed by atoms with Crippen molar-refractivity contribution < 1.29 is 0 Å². The standard InChI is InChI=1S/C17H22N2S/c1-3-11-18-16(13-8-5-4-7-12(13)2)17-19-14-9-6-10-15(14)20-17/h4-5,7-8,16,18H,3,6,9-11H2,1-2H3. The van der Waals surface area contributed by atoms with E-state index in [9.17, 15) is 0 Å². The zero-order chi connectivity index (χ0) is 13.9. The van der Waals surface area contributed by atoms with Crippen LogP contribution in [0.15, 0.2) is 24.3 Å². The summed E-state index contributed by atoms with van der Waals surface area (Å²) < 4.78 is 0. The van der Waals surface area contributed by atoms with Gasteiger partial charge < -0.3 is 5.32 Å². The maximum Gasteiger partial charge on any atom is 0.115 e. The first-order valence-corrected chi connectivity index (χ1v) is 8.38. The Balaban J connectivity index is 1.95. The van der Waals surface area contributed by atoms with Gasteiger partial charge in [-0.1, -0.05) is 31.2 Å². The highest BCUT2D eigenvalue weighted by atomic mass is 32.1. The lowest BCUT2D eigenvalue weighted by atomic mass is 10.0. The van der Waals surface area contributed by atoms with Crippen molar-refractivity contribution in [2.45, 2.75) is 45.6 Å². The number of rotatable bonds is 5. The van der Waals surface area contributed by atoms with Gasteiger partial charge in [0.2, 0.25) is 0 Å². The van der Waals surface area contributed by atoms with Crippen LogP contribution in [-0.4, -0.2) is 11.5 Å². The molecular weight excluding hydrogens is 264 g/mol. The van der Waals surface area contributed by atoms with Gasteiger partial charge in [-0.25, -0.2) is 4.98 Å². The minimum Gasteiger partial charge on any atom is -0.304 e. The minimum atomic E-state index is 0.256. The molecule has 0 amide bonds. The van der Waals surface area contributed by atoms with Crippen LogP contribution in [0, 0.1) is 6.92 Å². The third-order valence-electron chi connectivity index (χ3n) is 3.96. The second-order valence-electron chi connectivity index (χ2n) is 5.52. The van der Waals surface area contributed by atoms with Crippen LogP contribution in [0.4, 0.5) is 0 Å². The van der Waals surface area contributed by atoms with E-state index in [4.69, 9.17) is 4.98 Å². The van der Waals surface area contributed by atoms with Crippen molar-refractivity contribution in [2.24, 2.45) is 0 Å². The molecule has 0 aliphatic heterocycles. The van der Waals surface area contributed by atoms with Crippen molar-refractivity contribution in [3.63, 3.8) is 0 Å². The quantitative estimate of drug-likeness (QED) is 0.897. The van der Waals surface area contributed by atoms with Gasteiger partial charge >= 0.3 is 0 Å². The first-order valence-electron chi connectivity index (χ1n) is 7.57. The molecule has 0 saturated carbocycles. The highest BCUT2D eigenvalue weighted by molar-refractivity contribution is 7.11. The molecule has 0 radical (unpaired) electrons. The summed E-state index contributed by atoms with van der Waals surface area (Å²) in [6.07, 6.45) is 4.82. The molecule has 1 aromatic carbocycles. The number of nitrogens with zero attached hydrogens (tertiary/aromatic N) is 1. The van der Waals surface area contributed by atoms with E-state index in [1.165, 1.54) is 46.0 Å². The summed E-state index contributed by atoms with van der Waals surface area (Å²) in [4.78, 5) is 6.43. The molecule has 2 nitrogen and oxygen atoms in total. The third-order valence-corrected chi connectivity index (χ3v) is 5.18. The molecule has 0 saturated heterocycles. The summed E-state index contributed by atoms with van der Waals surface area (Å²) >= 11 is 1.91. The molecular formula is C17H22N2S. The van der Waals surface area contributed by atoms with Gasteiger partial charge in [0.05, 0.1) is 11.7 Å². The molecule has 0 bridgehead atoms. The van der Waals surface area contributed by atoms with E-state index >= 15 is 0 Å². The van der Waals surface area contributed by atoms with Gasteiger partial charge in [0.15, 0.2) is 0 Å². The summed E-state index contributed by atoms with van der Waals surface area (Å²) in [5.41, 5.74) is 4.06. The third kappa shape index (κ3) is 2.65. The molecule has 20 heavy (non-hydrogen) atoms. The van der Waals surface area contributed by atoms with E-state index in [0.717, 1.165) is 13.0 Å². The van der Waals surface area contributed by atoms with Crippen LogP contribution in [0.3, 0.4) is 0 Å². The number of aryl methyl sites for hydroxylation is 3. The second kappa shape index (κ2) is 6.06. The van der Waals surface area contributed by atoms with Gasteiger partial charge in [-0.15, -0.1) is 11.3 Å². The zero-order valence-corrected chi connectivity index (χ0v) is 13.1. The number of thiazole rings is 1. The Morgan fingerprint density at radius 1 is 1.30 bits per heavy atom. The van der Waals surface area contributed by atoms with Crippen molar-refractivity contribution in [3.05, 3.63) is 51.0 Å². The van der Waals surface area contributed by atoms with Gasteiger partial charge in [0, 0.05) is 4.88 Å². The highest BCUT2D eigenvalue weighted by Crippen LogP contribution is 2.34. The maximum atomic E-state index is 4.92. The van der Waals surface area contributed by atoms with Gasteiger partial charge in [0.25, 0.3) is 0 Å². The zero-order valence-electron chi connectivity index (χ0n) is 12.3. The summed E-state index contributed by atoms with van der Waals surface area (Å²) in [5.74, 6) is 0. The van der Waals surface area contributed by atoms with E-state index in [1.807, 2.05) is 11.3 Å². The van der Waals surface area contributed by atoms with Crippen molar-refractivity contribution in [2.75, 3.05) is 6.54 Å². The lowest BCUT2D eigenvalue weighted by Crippen LogP contribution is -2.23. The van der Waals surface area contributed by atoms with Crippen LogP contribution < -0.4 is 5.32 Å². The number of benzene rings is 1. The van der Waals surface area contributed by atoms with E-state index in [2.05, 4.69) is 43.4 Å². The molecule has 3 rings (SSSR count). The summed E-state index contributed by atoms with van der Waals surface area (Å²) in [7, 11) is 0. The molecule has 1 heterocycles. The first-order chi connectivity index (χ1) is 9.79. The molecule has 1 aliphatic carbocycles. The van der Waals surface area contributed by atoms with Gasteiger partial charge in [-0.05, 0) is 50.3 Å². The summed E-state index contributed by atoms with van der Waals surface area (Å²) in [6, 6.07) is 8.92. The van der Waals surface area contributed by atoms with Gasteiger partial charge in [0.1, 0.15) is 5.01 Å². The molecule has 1 unspecified atom stereocenters. The topological polar surface area (TPSA) is 24.9 Å². The molecule has 1 aliphatic rings. The Morgan fingerprint density at radius 3 is 2.90 bits per heavy atom. The predicted octanol–water partition coefficient (Wildman–Crippen LogP) is 4.03. The van der Waals surface area contributed by atoms with Crippen LogP contribution in [0.5, 0.6) is 0 Å². The molecule has 0 fully saturated rings. The van der Waals surface area contributed by atoms with Crippen molar-refractivity contribution in [3.8, 4) is 0 Å². The van der Waals surface area contributed by atoms with Crippen LogP contribution >= 0.6 is 11.3 Å². The van der Waals surface area contributed by atoms with Gasteiger partial charge in [-0.2, -0.15) is 0 Å². The van der Waals surface area contributed by atoms with Crippen molar-refractivity contribution in [1.82, 2.24) is 10.3 Å². The number of hydrogen-bond acceptors (Lipinski definition) is 3. The molecule has 2 aromatic rings. The van der Waals surface area contributed by atoms with E-state index in [0.29, 0.717) is 0 Å². The Kier molecular flexibility index (Phi) is 4.18. The van der Waals surface area contributed by atoms with E-state index in [1.54, 1.807) is 0 Å². The van der Waals surface area contributed by atoms with E-state index < -0.39 is 0 Å². The molecule has 1 atom stereocenters.